The topological polar surface area (TPSA) is 75.6 Å². The molecule has 27 heavy (non-hydrogen) atoms. The summed E-state index contributed by atoms with van der Waals surface area (Å²) in [6.07, 6.45) is 7.96. The highest BCUT2D eigenvalue weighted by molar-refractivity contribution is 7.88. The molecule has 0 saturated heterocycles. The maximum atomic E-state index is 12.0. The van der Waals surface area contributed by atoms with Crippen molar-refractivity contribution in [1.82, 2.24) is 19.2 Å². The second-order valence-corrected chi connectivity index (χ2v) is 10.8. The first kappa shape index (κ1) is 19.0. The van der Waals surface area contributed by atoms with E-state index in [9.17, 15) is 8.42 Å². The monoisotopic (exact) mass is 410 g/mol. The Morgan fingerprint density at radius 3 is 2.63 bits per heavy atom. The molecule has 9 heteroatoms. The van der Waals surface area contributed by atoms with Gasteiger partial charge in [-0.2, -0.15) is 4.31 Å². The minimum absolute atomic E-state index is 0.157. The Morgan fingerprint density at radius 1 is 1.22 bits per heavy atom. The smallest absolute Gasteiger partial charge is 0.225 e. The molecular formula is C18H26N4O3S2. The predicted octanol–water partition coefficient (Wildman–Crippen LogP) is 2.26. The summed E-state index contributed by atoms with van der Waals surface area (Å²) < 4.78 is 31.8. The zero-order chi connectivity index (χ0) is 19.2. The molecule has 0 aromatic carbocycles. The van der Waals surface area contributed by atoms with Crippen molar-refractivity contribution in [3.8, 4) is 5.88 Å². The fraction of sp³-hybridized carbons (Fsp3) is 0.667. The van der Waals surface area contributed by atoms with Crippen molar-refractivity contribution in [3.63, 3.8) is 0 Å². The third-order valence-electron chi connectivity index (χ3n) is 5.68. The summed E-state index contributed by atoms with van der Waals surface area (Å²) in [5, 5.41) is 0.903. The Labute approximate surface area is 164 Å². The predicted molar refractivity (Wildman–Crippen MR) is 107 cm³/mol. The third-order valence-corrected chi connectivity index (χ3v) is 8.13. The number of rotatable bonds is 4. The second kappa shape index (κ2) is 7.27. The number of fused-ring (bicyclic) bond motifs is 3. The summed E-state index contributed by atoms with van der Waals surface area (Å²) in [5.74, 6) is 0.612. The quantitative estimate of drug-likeness (QED) is 0.770. The van der Waals surface area contributed by atoms with Gasteiger partial charge in [0.1, 0.15) is 17.3 Å². The van der Waals surface area contributed by atoms with Crippen LogP contribution in [0.2, 0.25) is 0 Å². The lowest BCUT2D eigenvalue weighted by molar-refractivity contribution is 0.108. The van der Waals surface area contributed by atoms with Crippen LogP contribution in [0.25, 0.3) is 10.2 Å². The number of aromatic nitrogens is 2. The number of hydrogen-bond donors (Lipinski definition) is 0. The molecule has 7 nitrogen and oxygen atoms in total. The molecule has 1 aliphatic heterocycles. The average molecular weight is 411 g/mol. The van der Waals surface area contributed by atoms with Crippen LogP contribution >= 0.6 is 11.3 Å². The summed E-state index contributed by atoms with van der Waals surface area (Å²) in [6, 6.07) is 0.618. The maximum Gasteiger partial charge on any atom is 0.225 e. The molecule has 0 spiro atoms. The highest BCUT2D eigenvalue weighted by atomic mass is 32.2. The van der Waals surface area contributed by atoms with E-state index in [2.05, 4.69) is 29.0 Å². The van der Waals surface area contributed by atoms with Crippen LogP contribution in [0.3, 0.4) is 0 Å². The number of thiophene rings is 1. The SMILES string of the molecule is CN(C)C1CCC(Oc2ncnc3sc4c(c23)CN(S(C)(=O)=O)CC4)CC1. The van der Waals surface area contributed by atoms with Crippen LogP contribution in [0.5, 0.6) is 5.88 Å². The lowest BCUT2D eigenvalue weighted by atomic mass is 9.92. The molecule has 2 aliphatic rings. The van der Waals surface area contributed by atoms with E-state index in [1.54, 1.807) is 17.7 Å². The lowest BCUT2D eigenvalue weighted by Crippen LogP contribution is -2.35. The van der Waals surface area contributed by atoms with Crippen molar-refractivity contribution >= 4 is 31.6 Å². The standard InChI is InChI=1S/C18H26N4O3S2/c1-21(2)12-4-6-13(7-5-12)25-17-16-14-10-22(27(3,23)24)9-8-15(14)26-18(16)20-11-19-17/h11-13H,4-10H2,1-3H3. The average Bonchev–Trinajstić information content (AvgIpc) is 3.00. The van der Waals surface area contributed by atoms with Gasteiger partial charge in [0, 0.05) is 24.0 Å². The molecule has 0 N–H and O–H groups in total. The highest BCUT2D eigenvalue weighted by Crippen LogP contribution is 2.39. The largest absolute Gasteiger partial charge is 0.474 e. The van der Waals surface area contributed by atoms with Gasteiger partial charge in [0.05, 0.1) is 11.6 Å². The zero-order valence-corrected chi connectivity index (χ0v) is 17.6. The van der Waals surface area contributed by atoms with Gasteiger partial charge in [0.15, 0.2) is 0 Å². The summed E-state index contributed by atoms with van der Waals surface area (Å²) in [7, 11) is 1.04. The van der Waals surface area contributed by atoms with Crippen LogP contribution < -0.4 is 4.74 Å². The van der Waals surface area contributed by atoms with Gasteiger partial charge in [-0.3, -0.25) is 0 Å². The van der Waals surface area contributed by atoms with Crippen LogP contribution in [0.15, 0.2) is 6.33 Å². The molecular weight excluding hydrogens is 384 g/mol. The van der Waals surface area contributed by atoms with Crippen LogP contribution in [0.1, 0.15) is 36.1 Å². The van der Waals surface area contributed by atoms with E-state index in [-0.39, 0.29) is 6.10 Å². The minimum Gasteiger partial charge on any atom is -0.474 e. The first-order valence-corrected chi connectivity index (χ1v) is 12.0. The van der Waals surface area contributed by atoms with Gasteiger partial charge >= 0.3 is 0 Å². The first-order chi connectivity index (χ1) is 12.8. The molecule has 1 fully saturated rings. The number of nitrogens with zero attached hydrogens (tertiary/aromatic N) is 4. The molecule has 148 valence electrons. The van der Waals surface area contributed by atoms with E-state index in [0.717, 1.165) is 47.9 Å². The van der Waals surface area contributed by atoms with Gasteiger partial charge in [-0.25, -0.2) is 18.4 Å². The molecule has 1 aliphatic carbocycles. The molecule has 0 amide bonds. The Bertz CT molecular complexity index is 933. The van der Waals surface area contributed by atoms with Crippen molar-refractivity contribution in [2.24, 2.45) is 0 Å². The van der Waals surface area contributed by atoms with Crippen LogP contribution in [-0.2, 0) is 23.0 Å². The van der Waals surface area contributed by atoms with Gasteiger partial charge in [-0.15, -0.1) is 11.3 Å². The van der Waals surface area contributed by atoms with Crippen LogP contribution in [0, 0.1) is 0 Å². The molecule has 1 saturated carbocycles. The van der Waals surface area contributed by atoms with Gasteiger partial charge in [0.2, 0.25) is 15.9 Å². The van der Waals surface area contributed by atoms with E-state index < -0.39 is 10.0 Å². The molecule has 2 aromatic rings. The Balaban J connectivity index is 1.60. The molecule has 2 aromatic heterocycles. The molecule has 0 unspecified atom stereocenters. The van der Waals surface area contributed by atoms with Crippen molar-refractivity contribution in [2.45, 2.75) is 50.8 Å². The molecule has 0 atom stereocenters. The van der Waals surface area contributed by atoms with E-state index in [1.165, 1.54) is 15.4 Å². The summed E-state index contributed by atoms with van der Waals surface area (Å²) in [6.45, 7) is 0.905. The van der Waals surface area contributed by atoms with Gasteiger partial charge in [-0.1, -0.05) is 0 Å². The fourth-order valence-corrected chi connectivity index (χ4v) is 5.98. The van der Waals surface area contributed by atoms with Crippen molar-refractivity contribution in [2.75, 3.05) is 26.9 Å². The number of hydrogen-bond acceptors (Lipinski definition) is 7. The fourth-order valence-electron chi connectivity index (χ4n) is 4.07. The summed E-state index contributed by atoms with van der Waals surface area (Å²) in [5.41, 5.74) is 1.02. The van der Waals surface area contributed by atoms with Gasteiger partial charge < -0.3 is 9.64 Å². The molecule has 0 radical (unpaired) electrons. The van der Waals surface area contributed by atoms with Crippen molar-refractivity contribution in [3.05, 3.63) is 16.8 Å². The maximum absolute atomic E-state index is 12.0. The minimum atomic E-state index is -3.22. The zero-order valence-electron chi connectivity index (χ0n) is 16.0. The Hall–Kier alpha value is -1.29. The molecule has 3 heterocycles. The van der Waals surface area contributed by atoms with Crippen molar-refractivity contribution in [1.29, 1.82) is 0 Å². The lowest BCUT2D eigenvalue weighted by Gasteiger charge is -2.32. The second-order valence-electron chi connectivity index (χ2n) is 7.72. The highest BCUT2D eigenvalue weighted by Gasteiger charge is 2.30. The van der Waals surface area contributed by atoms with Gasteiger partial charge in [0.25, 0.3) is 0 Å². The van der Waals surface area contributed by atoms with E-state index >= 15 is 0 Å². The van der Waals surface area contributed by atoms with Crippen molar-refractivity contribution < 1.29 is 13.2 Å². The number of sulfonamides is 1. The third kappa shape index (κ3) is 3.83. The normalized spacial score (nSPS) is 24.3. The van der Waals surface area contributed by atoms with Crippen LogP contribution in [-0.4, -0.2) is 66.6 Å². The van der Waals surface area contributed by atoms with E-state index in [0.29, 0.717) is 25.0 Å². The van der Waals surface area contributed by atoms with E-state index in [4.69, 9.17) is 4.74 Å². The number of ether oxygens (including phenoxy) is 1. The molecule has 0 bridgehead atoms. The summed E-state index contributed by atoms with van der Waals surface area (Å²) in [4.78, 5) is 13.2. The first-order valence-electron chi connectivity index (χ1n) is 9.36. The Morgan fingerprint density at radius 2 is 1.96 bits per heavy atom. The van der Waals surface area contributed by atoms with Gasteiger partial charge in [-0.05, 0) is 51.8 Å². The Kier molecular flexibility index (Phi) is 5.13. The van der Waals surface area contributed by atoms with E-state index in [1.807, 2.05) is 0 Å². The molecule has 4 rings (SSSR count). The summed E-state index contributed by atoms with van der Waals surface area (Å²) >= 11 is 1.63. The van der Waals surface area contributed by atoms with Crippen LogP contribution in [0.4, 0.5) is 0 Å².